The molecule has 1 aliphatic carbocycles. The Labute approximate surface area is 242 Å². The minimum absolute atomic E-state index is 0.0245. The number of nitrogens with zero attached hydrogens (tertiary/aromatic N) is 2. The van der Waals surface area contributed by atoms with Crippen molar-refractivity contribution in [2.75, 3.05) is 21.1 Å². The Hall–Kier alpha value is -4.23. The molecule has 0 atom stereocenters. The van der Waals surface area contributed by atoms with Crippen LogP contribution >= 0.6 is 0 Å². The highest BCUT2D eigenvalue weighted by atomic mass is 16.4. The Bertz CT molecular complexity index is 1280. The zero-order valence-electron chi connectivity index (χ0n) is 24.1. The van der Waals surface area contributed by atoms with Crippen LogP contribution in [0.25, 0.3) is 6.08 Å². The topological polar surface area (TPSA) is 98.2 Å². The molecule has 1 amide bonds. The molecule has 0 spiro atoms. The van der Waals surface area contributed by atoms with Crippen molar-refractivity contribution in [2.24, 2.45) is 0 Å². The van der Waals surface area contributed by atoms with Gasteiger partial charge in [0, 0.05) is 18.7 Å². The van der Waals surface area contributed by atoms with Crippen LogP contribution in [0.5, 0.6) is 0 Å². The quantitative estimate of drug-likeness (QED) is 0.313. The molecular formula is C34H40N2O5. The van der Waals surface area contributed by atoms with Gasteiger partial charge in [-0.2, -0.15) is 0 Å². The number of carbonyl (C=O) groups is 3. The molecule has 1 saturated carbocycles. The molecule has 0 aliphatic heterocycles. The SMILES string of the molecule is CN(C)C1(c2ccccc2)CCC(c2ccccc2)(N(C)C(=O)/C=C/c2ccccc2)CC1.O=C(O)CCC(=O)O. The summed E-state index contributed by atoms with van der Waals surface area (Å²) in [7, 11) is 6.33. The summed E-state index contributed by atoms with van der Waals surface area (Å²) in [5.74, 6) is -2.11. The van der Waals surface area contributed by atoms with E-state index in [1.54, 1.807) is 6.08 Å². The second-order valence-electron chi connectivity index (χ2n) is 10.6. The fraction of sp³-hybridized carbons (Fsp3) is 0.324. The zero-order chi connectivity index (χ0) is 29.9. The van der Waals surface area contributed by atoms with E-state index in [4.69, 9.17) is 10.2 Å². The second-order valence-corrected chi connectivity index (χ2v) is 10.6. The first-order valence-electron chi connectivity index (χ1n) is 13.8. The Kier molecular flexibility index (Phi) is 11.0. The van der Waals surface area contributed by atoms with Crippen molar-refractivity contribution in [3.05, 3.63) is 114 Å². The number of hydrogen-bond acceptors (Lipinski definition) is 4. The van der Waals surface area contributed by atoms with E-state index in [2.05, 4.69) is 73.6 Å². The maximum absolute atomic E-state index is 13.4. The summed E-state index contributed by atoms with van der Waals surface area (Å²) in [6.45, 7) is 0. The maximum atomic E-state index is 13.4. The predicted molar refractivity (Wildman–Crippen MR) is 161 cm³/mol. The molecule has 0 aromatic heterocycles. The number of carboxylic acids is 2. The Morgan fingerprint density at radius 3 is 1.46 bits per heavy atom. The average Bonchev–Trinajstić information content (AvgIpc) is 3.00. The number of carbonyl (C=O) groups excluding carboxylic acids is 1. The summed E-state index contributed by atoms with van der Waals surface area (Å²) in [4.78, 5) is 37.0. The lowest BCUT2D eigenvalue weighted by Crippen LogP contribution is -2.54. The first-order valence-corrected chi connectivity index (χ1v) is 13.8. The zero-order valence-corrected chi connectivity index (χ0v) is 24.1. The van der Waals surface area contributed by atoms with Crippen LogP contribution in [0.1, 0.15) is 55.2 Å². The van der Waals surface area contributed by atoms with Crippen molar-refractivity contribution in [2.45, 2.75) is 49.6 Å². The highest BCUT2D eigenvalue weighted by Crippen LogP contribution is 2.50. The molecule has 216 valence electrons. The summed E-state index contributed by atoms with van der Waals surface area (Å²) in [6, 6.07) is 31.4. The molecule has 4 rings (SSSR count). The van der Waals surface area contributed by atoms with Crippen LogP contribution in [-0.2, 0) is 25.5 Å². The smallest absolute Gasteiger partial charge is 0.303 e. The minimum Gasteiger partial charge on any atom is -0.481 e. The normalized spacial score (nSPS) is 20.2. The van der Waals surface area contributed by atoms with Crippen LogP contribution in [-0.4, -0.2) is 59.0 Å². The largest absolute Gasteiger partial charge is 0.481 e. The van der Waals surface area contributed by atoms with E-state index in [1.807, 2.05) is 54.4 Å². The molecule has 2 N–H and O–H groups in total. The van der Waals surface area contributed by atoms with Gasteiger partial charge in [0.15, 0.2) is 0 Å². The lowest BCUT2D eigenvalue weighted by Gasteiger charge is -2.53. The molecule has 0 heterocycles. The van der Waals surface area contributed by atoms with Gasteiger partial charge >= 0.3 is 11.9 Å². The van der Waals surface area contributed by atoms with Gasteiger partial charge in [-0.05, 0) is 62.5 Å². The number of hydrogen-bond donors (Lipinski definition) is 2. The molecule has 1 fully saturated rings. The van der Waals surface area contributed by atoms with Crippen LogP contribution < -0.4 is 0 Å². The number of likely N-dealkylation sites (N-methyl/N-ethyl adjacent to an activating group) is 1. The van der Waals surface area contributed by atoms with Crippen molar-refractivity contribution < 1.29 is 24.6 Å². The fourth-order valence-corrected chi connectivity index (χ4v) is 5.65. The van der Waals surface area contributed by atoms with Gasteiger partial charge in [-0.25, -0.2) is 0 Å². The lowest BCUT2D eigenvalue weighted by molar-refractivity contribution is -0.143. The van der Waals surface area contributed by atoms with Crippen molar-refractivity contribution in [3.63, 3.8) is 0 Å². The van der Waals surface area contributed by atoms with E-state index >= 15 is 0 Å². The van der Waals surface area contributed by atoms with E-state index < -0.39 is 11.9 Å². The minimum atomic E-state index is -1.08. The molecule has 7 heteroatoms. The Morgan fingerprint density at radius 2 is 1.05 bits per heavy atom. The molecule has 0 saturated heterocycles. The molecule has 7 nitrogen and oxygen atoms in total. The van der Waals surface area contributed by atoms with Gasteiger partial charge in [-0.3, -0.25) is 19.3 Å². The van der Waals surface area contributed by atoms with Crippen LogP contribution in [0, 0.1) is 0 Å². The van der Waals surface area contributed by atoms with E-state index in [0.29, 0.717) is 0 Å². The van der Waals surface area contributed by atoms with E-state index in [1.165, 1.54) is 11.1 Å². The molecule has 3 aromatic rings. The van der Waals surface area contributed by atoms with Gasteiger partial charge in [0.05, 0.1) is 18.4 Å². The molecule has 41 heavy (non-hydrogen) atoms. The summed E-state index contributed by atoms with van der Waals surface area (Å²) >= 11 is 0. The van der Waals surface area contributed by atoms with E-state index in [0.717, 1.165) is 31.2 Å². The van der Waals surface area contributed by atoms with Gasteiger partial charge in [0.2, 0.25) is 5.91 Å². The average molecular weight is 557 g/mol. The van der Waals surface area contributed by atoms with Crippen LogP contribution in [0.15, 0.2) is 97.1 Å². The number of rotatable bonds is 9. The number of carboxylic acid groups (broad SMARTS) is 2. The lowest BCUT2D eigenvalue weighted by atomic mass is 9.66. The summed E-state index contributed by atoms with van der Waals surface area (Å²) in [5.41, 5.74) is 3.26. The number of aliphatic carboxylic acids is 2. The van der Waals surface area contributed by atoms with Crippen LogP contribution in [0.3, 0.4) is 0 Å². The van der Waals surface area contributed by atoms with Crippen molar-refractivity contribution in [1.29, 1.82) is 0 Å². The van der Waals surface area contributed by atoms with Gasteiger partial charge in [-0.15, -0.1) is 0 Å². The van der Waals surface area contributed by atoms with Crippen LogP contribution in [0.4, 0.5) is 0 Å². The van der Waals surface area contributed by atoms with Gasteiger partial charge in [0.1, 0.15) is 0 Å². The van der Waals surface area contributed by atoms with Crippen LogP contribution in [0.2, 0.25) is 0 Å². The molecule has 3 aromatic carbocycles. The summed E-state index contributed by atoms with van der Waals surface area (Å²) in [6.07, 6.45) is 6.82. The van der Waals surface area contributed by atoms with Crippen molar-refractivity contribution in [1.82, 2.24) is 9.80 Å². The van der Waals surface area contributed by atoms with Gasteiger partial charge in [-0.1, -0.05) is 91.0 Å². The standard InChI is InChI=1S/C30H34N2O.C4H6O4/c1-31(2)29(26-15-9-5-10-16-26)21-23-30(24-22-29,27-17-11-6-12-18-27)32(3)28(33)20-19-25-13-7-4-8-14-25;5-3(6)1-2-4(7)8/h4-20H,21-24H2,1-3H3;1-2H2,(H,5,6)(H,7,8)/b20-19+;. The maximum Gasteiger partial charge on any atom is 0.303 e. The van der Waals surface area contributed by atoms with Crippen molar-refractivity contribution >= 4 is 23.9 Å². The third-order valence-corrected chi connectivity index (χ3v) is 8.13. The Balaban J connectivity index is 0.000000507. The van der Waals surface area contributed by atoms with Crippen molar-refractivity contribution in [3.8, 4) is 0 Å². The molecule has 0 unspecified atom stereocenters. The first-order chi connectivity index (χ1) is 19.6. The summed E-state index contributed by atoms with van der Waals surface area (Å²) in [5, 5.41) is 15.8. The number of amides is 1. The predicted octanol–water partition coefficient (Wildman–Crippen LogP) is 6.02. The Morgan fingerprint density at radius 1 is 0.659 bits per heavy atom. The first kappa shape index (κ1) is 31.3. The second kappa shape index (κ2) is 14.4. The van der Waals surface area contributed by atoms with Gasteiger partial charge in [0.25, 0.3) is 0 Å². The number of benzene rings is 3. The molecular weight excluding hydrogens is 516 g/mol. The summed E-state index contributed by atoms with van der Waals surface area (Å²) < 4.78 is 0. The van der Waals surface area contributed by atoms with E-state index in [-0.39, 0.29) is 29.8 Å². The highest BCUT2D eigenvalue weighted by molar-refractivity contribution is 5.92. The fourth-order valence-electron chi connectivity index (χ4n) is 5.65. The molecule has 0 bridgehead atoms. The molecule has 0 radical (unpaired) electrons. The highest BCUT2D eigenvalue weighted by Gasteiger charge is 2.48. The third-order valence-electron chi connectivity index (χ3n) is 8.13. The monoisotopic (exact) mass is 556 g/mol. The van der Waals surface area contributed by atoms with Gasteiger partial charge < -0.3 is 15.1 Å². The third kappa shape index (κ3) is 7.92. The molecule has 1 aliphatic rings. The van der Waals surface area contributed by atoms with E-state index in [9.17, 15) is 14.4 Å².